The number of fused-ring (bicyclic) bond motifs is 1. The summed E-state index contributed by atoms with van der Waals surface area (Å²) in [6.45, 7) is 2.86. The van der Waals surface area contributed by atoms with E-state index in [1.54, 1.807) is 0 Å². The van der Waals surface area contributed by atoms with Crippen molar-refractivity contribution >= 4 is 11.6 Å². The molecule has 2 N–H and O–H groups in total. The van der Waals surface area contributed by atoms with E-state index in [4.69, 9.17) is 5.73 Å². The van der Waals surface area contributed by atoms with Crippen LogP contribution in [0.4, 0.5) is 5.69 Å². The smallest absolute Gasteiger partial charge is 0.231 e. The lowest BCUT2D eigenvalue weighted by Crippen LogP contribution is -2.30. The monoisotopic (exact) mass is 216 g/mol. The van der Waals surface area contributed by atoms with Crippen molar-refractivity contribution in [1.82, 2.24) is 0 Å². The number of benzene rings is 1. The summed E-state index contributed by atoms with van der Waals surface area (Å²) in [5.41, 5.74) is 9.27. The summed E-state index contributed by atoms with van der Waals surface area (Å²) in [5.74, 6) is 0.732. The molecule has 3 rings (SSSR count). The minimum Gasteiger partial charge on any atom is -0.327 e. The van der Waals surface area contributed by atoms with Gasteiger partial charge in [-0.05, 0) is 30.9 Å². The zero-order valence-corrected chi connectivity index (χ0v) is 9.44. The van der Waals surface area contributed by atoms with E-state index in [9.17, 15) is 4.79 Å². The lowest BCUT2D eigenvalue weighted by atomic mass is 10.1. The summed E-state index contributed by atoms with van der Waals surface area (Å²) in [6, 6.07) is 6.54. The number of nitrogens with two attached hydrogens (primary N) is 1. The Balaban J connectivity index is 1.87. The van der Waals surface area contributed by atoms with Crippen molar-refractivity contribution in [3.05, 3.63) is 29.3 Å². The lowest BCUT2D eigenvalue weighted by molar-refractivity contribution is -0.117. The largest absolute Gasteiger partial charge is 0.327 e. The van der Waals surface area contributed by atoms with Crippen molar-refractivity contribution in [2.75, 3.05) is 11.4 Å². The summed E-state index contributed by atoms with van der Waals surface area (Å²) in [6.07, 6.45) is 1.62. The van der Waals surface area contributed by atoms with Gasteiger partial charge in [-0.2, -0.15) is 0 Å². The van der Waals surface area contributed by atoms with Gasteiger partial charge in [0.15, 0.2) is 0 Å². The van der Waals surface area contributed by atoms with Gasteiger partial charge >= 0.3 is 0 Å². The van der Waals surface area contributed by atoms with Crippen molar-refractivity contribution in [2.45, 2.75) is 25.8 Å². The molecule has 0 radical (unpaired) electrons. The lowest BCUT2D eigenvalue weighted by Gasteiger charge is -2.17. The molecule has 1 aliphatic carbocycles. The van der Waals surface area contributed by atoms with Gasteiger partial charge in [-0.15, -0.1) is 0 Å². The highest BCUT2D eigenvalue weighted by Crippen LogP contribution is 2.35. The summed E-state index contributed by atoms with van der Waals surface area (Å²) >= 11 is 0. The van der Waals surface area contributed by atoms with Crippen LogP contribution in [0.25, 0.3) is 0 Å². The van der Waals surface area contributed by atoms with Crippen LogP contribution in [0.5, 0.6) is 0 Å². The first-order valence-corrected chi connectivity index (χ1v) is 5.80. The van der Waals surface area contributed by atoms with E-state index < -0.39 is 0 Å². The van der Waals surface area contributed by atoms with Gasteiger partial charge in [0.25, 0.3) is 0 Å². The number of carbonyl (C=O) groups excluding carboxylic acids is 1. The Morgan fingerprint density at radius 2 is 2.25 bits per heavy atom. The average Bonchev–Trinajstić information content (AvgIpc) is 2.82. The molecular formula is C13H16N2O. The maximum Gasteiger partial charge on any atom is 0.231 e. The molecule has 1 saturated carbocycles. The average molecular weight is 216 g/mol. The third kappa shape index (κ3) is 1.52. The number of rotatable bonds is 2. The van der Waals surface area contributed by atoms with E-state index in [0.717, 1.165) is 18.7 Å². The number of anilines is 1. The van der Waals surface area contributed by atoms with Crippen LogP contribution in [0.1, 0.15) is 17.5 Å². The molecule has 3 nitrogen and oxygen atoms in total. The Labute approximate surface area is 95.2 Å². The Kier molecular flexibility index (Phi) is 2.04. The molecule has 1 amide bonds. The number of nitrogens with zero attached hydrogens (tertiary/aromatic N) is 1. The quantitative estimate of drug-likeness (QED) is 0.808. The van der Waals surface area contributed by atoms with Crippen molar-refractivity contribution in [3.8, 4) is 0 Å². The van der Waals surface area contributed by atoms with Gasteiger partial charge in [0.1, 0.15) is 0 Å². The van der Waals surface area contributed by atoms with Gasteiger partial charge < -0.3 is 10.6 Å². The van der Waals surface area contributed by atoms with Crippen molar-refractivity contribution in [2.24, 2.45) is 11.7 Å². The van der Waals surface area contributed by atoms with Gasteiger partial charge in [-0.1, -0.05) is 17.7 Å². The fourth-order valence-corrected chi connectivity index (χ4v) is 2.43. The molecule has 0 saturated heterocycles. The van der Waals surface area contributed by atoms with Crippen LogP contribution in [0.15, 0.2) is 18.2 Å². The first-order valence-electron chi connectivity index (χ1n) is 5.80. The standard InChI is InChI=1S/C13H16N2O/c1-8-2-3-12-9(4-8)6-13(16)15(12)7-10-5-11(10)14/h2-4,10-11H,5-7,14H2,1H3/t10-,11-/m0/s1. The van der Waals surface area contributed by atoms with Crippen LogP contribution in [-0.2, 0) is 11.2 Å². The van der Waals surface area contributed by atoms with Gasteiger partial charge in [0.05, 0.1) is 6.42 Å². The van der Waals surface area contributed by atoms with Gasteiger partial charge in [0.2, 0.25) is 5.91 Å². The predicted octanol–water partition coefficient (Wildman–Crippen LogP) is 1.23. The fraction of sp³-hybridized carbons (Fsp3) is 0.462. The van der Waals surface area contributed by atoms with Crippen LogP contribution in [-0.4, -0.2) is 18.5 Å². The second kappa shape index (κ2) is 3.32. The van der Waals surface area contributed by atoms with Crippen molar-refractivity contribution in [3.63, 3.8) is 0 Å². The second-order valence-electron chi connectivity index (χ2n) is 4.97. The molecule has 16 heavy (non-hydrogen) atoms. The predicted molar refractivity (Wildman–Crippen MR) is 63.3 cm³/mol. The van der Waals surface area contributed by atoms with Gasteiger partial charge in [0, 0.05) is 18.3 Å². The minimum absolute atomic E-state index is 0.222. The molecule has 0 spiro atoms. The van der Waals surface area contributed by atoms with Gasteiger partial charge in [-0.3, -0.25) is 4.79 Å². The molecule has 84 valence electrons. The molecule has 1 aromatic rings. The maximum absolute atomic E-state index is 11.9. The first kappa shape index (κ1) is 9.85. The Morgan fingerprint density at radius 1 is 1.50 bits per heavy atom. The number of carbonyl (C=O) groups is 1. The van der Waals surface area contributed by atoms with Gasteiger partial charge in [-0.25, -0.2) is 0 Å². The highest BCUT2D eigenvalue weighted by Gasteiger charge is 2.38. The maximum atomic E-state index is 11.9. The van der Waals surface area contributed by atoms with E-state index in [2.05, 4.69) is 25.1 Å². The van der Waals surface area contributed by atoms with E-state index in [-0.39, 0.29) is 5.91 Å². The topological polar surface area (TPSA) is 46.3 Å². The molecule has 0 aromatic heterocycles. The second-order valence-corrected chi connectivity index (χ2v) is 4.97. The number of aryl methyl sites for hydroxylation is 1. The van der Waals surface area contributed by atoms with E-state index in [0.29, 0.717) is 18.4 Å². The van der Waals surface area contributed by atoms with Crippen LogP contribution < -0.4 is 10.6 Å². The van der Waals surface area contributed by atoms with Crippen LogP contribution in [0.3, 0.4) is 0 Å². The number of hydrogen-bond acceptors (Lipinski definition) is 2. The molecule has 0 bridgehead atoms. The molecule has 1 aromatic carbocycles. The van der Waals surface area contributed by atoms with E-state index >= 15 is 0 Å². The van der Waals surface area contributed by atoms with Crippen LogP contribution in [0, 0.1) is 12.8 Å². The summed E-state index contributed by atoms with van der Waals surface area (Å²) in [5, 5.41) is 0. The summed E-state index contributed by atoms with van der Waals surface area (Å²) < 4.78 is 0. The Morgan fingerprint density at radius 3 is 2.94 bits per heavy atom. The normalized spacial score (nSPS) is 27.1. The summed E-state index contributed by atoms with van der Waals surface area (Å²) in [4.78, 5) is 13.8. The minimum atomic E-state index is 0.222. The van der Waals surface area contributed by atoms with Crippen molar-refractivity contribution in [1.29, 1.82) is 0 Å². The Bertz CT molecular complexity index is 455. The van der Waals surface area contributed by atoms with E-state index in [1.165, 1.54) is 11.1 Å². The molecule has 2 atom stereocenters. The SMILES string of the molecule is Cc1ccc2c(c1)CC(=O)N2C[C@@H]1C[C@@H]1N. The third-order valence-electron chi connectivity index (χ3n) is 3.56. The number of amides is 1. The highest BCUT2D eigenvalue weighted by atomic mass is 16.2. The fourth-order valence-electron chi connectivity index (χ4n) is 2.43. The van der Waals surface area contributed by atoms with E-state index in [1.807, 2.05) is 4.90 Å². The van der Waals surface area contributed by atoms with Crippen molar-refractivity contribution < 1.29 is 4.79 Å². The first-order chi connectivity index (χ1) is 7.65. The molecule has 0 unspecified atom stereocenters. The zero-order valence-electron chi connectivity index (χ0n) is 9.44. The summed E-state index contributed by atoms with van der Waals surface area (Å²) in [7, 11) is 0. The third-order valence-corrected chi connectivity index (χ3v) is 3.56. The molecule has 2 aliphatic rings. The highest BCUT2D eigenvalue weighted by molar-refractivity contribution is 6.01. The molecular weight excluding hydrogens is 200 g/mol. The molecule has 3 heteroatoms. The Hall–Kier alpha value is -1.35. The number of hydrogen-bond donors (Lipinski definition) is 1. The zero-order chi connectivity index (χ0) is 11.3. The molecule has 1 heterocycles. The molecule has 1 fully saturated rings. The van der Waals surface area contributed by atoms with Crippen LogP contribution >= 0.6 is 0 Å². The molecule has 1 aliphatic heterocycles. The van der Waals surface area contributed by atoms with Crippen LogP contribution in [0.2, 0.25) is 0 Å².